The largest absolute Gasteiger partial charge is 0.392 e. The number of hydrogen-bond acceptors (Lipinski definition) is 3. The second-order valence-electron chi connectivity index (χ2n) is 4.65. The third-order valence-electron chi connectivity index (χ3n) is 3.42. The Bertz CT molecular complexity index is 324. The molecule has 1 saturated carbocycles. The average molecular weight is 223 g/mol. The van der Waals surface area contributed by atoms with E-state index in [0.29, 0.717) is 0 Å². The minimum atomic E-state index is -0.192. The van der Waals surface area contributed by atoms with Gasteiger partial charge in [-0.1, -0.05) is 19.3 Å². The first-order chi connectivity index (χ1) is 7.77. The number of hydrogen-bond donors (Lipinski definition) is 2. The molecule has 4 nitrogen and oxygen atoms in total. The Kier molecular flexibility index (Phi) is 3.96. The van der Waals surface area contributed by atoms with Crippen LogP contribution in [0.4, 0.5) is 0 Å². The normalized spacial score (nSPS) is 26.6. The summed E-state index contributed by atoms with van der Waals surface area (Å²) in [5.41, 5.74) is 0. The first kappa shape index (κ1) is 11.6. The molecule has 1 aromatic heterocycles. The number of nitrogens with zero attached hydrogens (tertiary/aromatic N) is 2. The Morgan fingerprint density at radius 2 is 2.25 bits per heavy atom. The van der Waals surface area contributed by atoms with Crippen LogP contribution in [0.25, 0.3) is 0 Å². The Balaban J connectivity index is 1.86. The SMILES string of the molecule is Cn1ccnc1CNC1CCCCCC1O. The topological polar surface area (TPSA) is 50.1 Å². The maximum Gasteiger partial charge on any atom is 0.122 e. The van der Waals surface area contributed by atoms with Crippen molar-refractivity contribution in [1.82, 2.24) is 14.9 Å². The molecule has 0 aliphatic heterocycles. The number of aliphatic hydroxyl groups excluding tert-OH is 1. The van der Waals surface area contributed by atoms with Crippen molar-refractivity contribution in [3.05, 3.63) is 18.2 Å². The fourth-order valence-electron chi connectivity index (χ4n) is 2.32. The average Bonchev–Trinajstić information content (AvgIpc) is 2.56. The molecule has 2 N–H and O–H groups in total. The molecule has 1 heterocycles. The fraction of sp³-hybridized carbons (Fsp3) is 0.750. The standard InChI is InChI=1S/C12H21N3O/c1-15-8-7-13-12(15)9-14-10-5-3-2-4-6-11(10)16/h7-8,10-11,14,16H,2-6,9H2,1H3. The molecule has 0 amide bonds. The van der Waals surface area contributed by atoms with Gasteiger partial charge in [0.05, 0.1) is 12.6 Å². The third kappa shape index (κ3) is 2.83. The van der Waals surface area contributed by atoms with Gasteiger partial charge in [-0.15, -0.1) is 0 Å². The molecule has 0 radical (unpaired) electrons. The van der Waals surface area contributed by atoms with E-state index in [2.05, 4.69) is 10.3 Å². The summed E-state index contributed by atoms with van der Waals surface area (Å²) in [7, 11) is 1.99. The molecular formula is C12H21N3O. The molecule has 90 valence electrons. The highest BCUT2D eigenvalue weighted by Crippen LogP contribution is 2.18. The van der Waals surface area contributed by atoms with Gasteiger partial charge in [0.15, 0.2) is 0 Å². The van der Waals surface area contributed by atoms with Crippen molar-refractivity contribution >= 4 is 0 Å². The maximum absolute atomic E-state index is 9.96. The summed E-state index contributed by atoms with van der Waals surface area (Å²) in [4.78, 5) is 4.27. The predicted molar refractivity (Wildman–Crippen MR) is 62.9 cm³/mol. The molecule has 2 unspecified atom stereocenters. The zero-order valence-electron chi connectivity index (χ0n) is 9.89. The fourth-order valence-corrected chi connectivity index (χ4v) is 2.32. The van der Waals surface area contributed by atoms with Gasteiger partial charge in [-0.3, -0.25) is 0 Å². The van der Waals surface area contributed by atoms with Gasteiger partial charge < -0.3 is 15.0 Å². The maximum atomic E-state index is 9.96. The molecular weight excluding hydrogens is 202 g/mol. The van der Waals surface area contributed by atoms with Gasteiger partial charge in [-0.05, 0) is 12.8 Å². The monoisotopic (exact) mass is 223 g/mol. The highest BCUT2D eigenvalue weighted by atomic mass is 16.3. The molecule has 4 heteroatoms. The van der Waals surface area contributed by atoms with Crippen LogP contribution in [0.5, 0.6) is 0 Å². The first-order valence-corrected chi connectivity index (χ1v) is 6.15. The second-order valence-corrected chi connectivity index (χ2v) is 4.65. The lowest BCUT2D eigenvalue weighted by Crippen LogP contribution is -2.39. The van der Waals surface area contributed by atoms with E-state index in [1.54, 1.807) is 6.20 Å². The van der Waals surface area contributed by atoms with E-state index in [1.165, 1.54) is 12.8 Å². The highest BCUT2D eigenvalue weighted by Gasteiger charge is 2.21. The molecule has 1 aliphatic carbocycles. The van der Waals surface area contributed by atoms with Gasteiger partial charge in [-0.2, -0.15) is 0 Å². The summed E-state index contributed by atoms with van der Waals surface area (Å²) < 4.78 is 2.01. The first-order valence-electron chi connectivity index (χ1n) is 6.15. The Morgan fingerprint density at radius 1 is 1.44 bits per heavy atom. The lowest BCUT2D eigenvalue weighted by atomic mass is 10.1. The predicted octanol–water partition coefficient (Wildman–Crippen LogP) is 1.20. The Morgan fingerprint density at radius 3 is 3.00 bits per heavy atom. The molecule has 16 heavy (non-hydrogen) atoms. The van der Waals surface area contributed by atoms with Crippen LogP contribution in [0, 0.1) is 0 Å². The lowest BCUT2D eigenvalue weighted by Gasteiger charge is -2.21. The summed E-state index contributed by atoms with van der Waals surface area (Å²) in [6.07, 6.45) is 9.18. The van der Waals surface area contributed by atoms with E-state index in [4.69, 9.17) is 0 Å². The van der Waals surface area contributed by atoms with E-state index < -0.39 is 0 Å². The van der Waals surface area contributed by atoms with Crippen LogP contribution in [0.3, 0.4) is 0 Å². The summed E-state index contributed by atoms with van der Waals surface area (Å²) in [5.74, 6) is 1.02. The van der Waals surface area contributed by atoms with E-state index in [-0.39, 0.29) is 12.1 Å². The van der Waals surface area contributed by atoms with Gasteiger partial charge in [0.1, 0.15) is 5.82 Å². The highest BCUT2D eigenvalue weighted by molar-refractivity contribution is 4.92. The van der Waals surface area contributed by atoms with Gasteiger partial charge in [-0.25, -0.2) is 4.98 Å². The molecule has 0 bridgehead atoms. The molecule has 1 aliphatic rings. The van der Waals surface area contributed by atoms with Crippen LogP contribution < -0.4 is 5.32 Å². The molecule has 1 fully saturated rings. The van der Waals surface area contributed by atoms with Crippen LogP contribution in [0.1, 0.15) is 37.9 Å². The van der Waals surface area contributed by atoms with Crippen molar-refractivity contribution in [2.45, 2.75) is 50.8 Å². The van der Waals surface area contributed by atoms with Crippen LogP contribution in [0.2, 0.25) is 0 Å². The van der Waals surface area contributed by atoms with E-state index in [0.717, 1.165) is 31.6 Å². The van der Waals surface area contributed by atoms with Gasteiger partial charge in [0.25, 0.3) is 0 Å². The third-order valence-corrected chi connectivity index (χ3v) is 3.42. The summed E-state index contributed by atoms with van der Waals surface area (Å²) in [5, 5.41) is 13.4. The van der Waals surface area contributed by atoms with Crippen molar-refractivity contribution in [3.8, 4) is 0 Å². The molecule has 0 aromatic carbocycles. The number of nitrogens with one attached hydrogen (secondary N) is 1. The van der Waals surface area contributed by atoms with Gasteiger partial charge >= 0.3 is 0 Å². The number of imidazole rings is 1. The zero-order chi connectivity index (χ0) is 11.4. The van der Waals surface area contributed by atoms with Crippen molar-refractivity contribution in [1.29, 1.82) is 0 Å². The van der Waals surface area contributed by atoms with Crippen LogP contribution >= 0.6 is 0 Å². The van der Waals surface area contributed by atoms with Crippen LogP contribution in [-0.2, 0) is 13.6 Å². The van der Waals surface area contributed by atoms with Gasteiger partial charge in [0.2, 0.25) is 0 Å². The van der Waals surface area contributed by atoms with Crippen LogP contribution in [0.15, 0.2) is 12.4 Å². The lowest BCUT2D eigenvalue weighted by molar-refractivity contribution is 0.119. The number of rotatable bonds is 3. The number of aryl methyl sites for hydroxylation is 1. The number of aliphatic hydroxyl groups is 1. The van der Waals surface area contributed by atoms with Crippen LogP contribution in [-0.4, -0.2) is 26.8 Å². The van der Waals surface area contributed by atoms with Gasteiger partial charge in [0, 0.05) is 25.5 Å². The van der Waals surface area contributed by atoms with E-state index in [1.807, 2.05) is 17.8 Å². The molecule has 2 atom stereocenters. The summed E-state index contributed by atoms with van der Waals surface area (Å²) in [6.45, 7) is 0.741. The van der Waals surface area contributed by atoms with E-state index in [9.17, 15) is 5.11 Å². The van der Waals surface area contributed by atoms with Crippen molar-refractivity contribution < 1.29 is 5.11 Å². The smallest absolute Gasteiger partial charge is 0.122 e. The van der Waals surface area contributed by atoms with Crippen molar-refractivity contribution in [2.75, 3.05) is 0 Å². The molecule has 0 spiro atoms. The minimum Gasteiger partial charge on any atom is -0.392 e. The van der Waals surface area contributed by atoms with Crippen molar-refractivity contribution in [2.24, 2.45) is 7.05 Å². The summed E-state index contributed by atoms with van der Waals surface area (Å²) >= 11 is 0. The number of aromatic nitrogens is 2. The Hall–Kier alpha value is -0.870. The van der Waals surface area contributed by atoms with E-state index >= 15 is 0 Å². The Labute approximate surface area is 96.7 Å². The minimum absolute atomic E-state index is 0.192. The van der Waals surface area contributed by atoms with Crippen molar-refractivity contribution in [3.63, 3.8) is 0 Å². The molecule has 0 saturated heterocycles. The molecule has 1 aromatic rings. The second kappa shape index (κ2) is 5.46. The quantitative estimate of drug-likeness (QED) is 0.757. The molecule has 2 rings (SSSR count). The zero-order valence-corrected chi connectivity index (χ0v) is 9.89. The summed E-state index contributed by atoms with van der Waals surface area (Å²) in [6, 6.07) is 0.235.